The van der Waals surface area contributed by atoms with Gasteiger partial charge in [0.15, 0.2) is 0 Å². The van der Waals surface area contributed by atoms with E-state index in [9.17, 15) is 14.5 Å². The summed E-state index contributed by atoms with van der Waals surface area (Å²) in [4.78, 5) is 41.6. The van der Waals surface area contributed by atoms with E-state index in [0.29, 0.717) is 28.8 Å². The van der Waals surface area contributed by atoms with E-state index in [4.69, 9.17) is 23.5 Å². The van der Waals surface area contributed by atoms with E-state index in [1.54, 1.807) is 21.1 Å². The van der Waals surface area contributed by atoms with E-state index in [-0.39, 0.29) is 25.1 Å². The molecule has 67 heavy (non-hydrogen) atoms. The number of hydrogen-bond acceptors (Lipinski definition) is 9. The number of methoxy groups -OCH3 is 2. The van der Waals surface area contributed by atoms with E-state index >= 15 is 0 Å². The number of ether oxygens (including phenoxy) is 4. The van der Waals surface area contributed by atoms with Crippen LogP contribution in [0.4, 0.5) is 0 Å². The Morgan fingerprint density at radius 3 is 1.79 bits per heavy atom. The Hall–Kier alpha value is -5.43. The van der Waals surface area contributed by atoms with Crippen LogP contribution in [0.1, 0.15) is 79.3 Å². The van der Waals surface area contributed by atoms with Crippen LogP contribution in [0.25, 0.3) is 0 Å². The van der Waals surface area contributed by atoms with Crippen LogP contribution in [0.3, 0.4) is 0 Å². The van der Waals surface area contributed by atoms with Crippen molar-refractivity contribution < 1.29 is 28.4 Å². The normalized spacial score (nSPS) is 17.2. The zero-order valence-corrected chi connectivity index (χ0v) is 42.1. The topological polar surface area (TPSA) is 124 Å². The third-order valence-electron chi connectivity index (χ3n) is 12.7. The molecule has 1 aliphatic rings. The molecule has 0 aliphatic carbocycles. The molecule has 3 atom stereocenters. The van der Waals surface area contributed by atoms with Crippen LogP contribution in [-0.4, -0.2) is 79.9 Å². The molecular formula is C54H66N3O8PSi. The quantitative estimate of drug-likeness (QED) is 0.0315. The average molecular weight is 944 g/mol. The zero-order valence-electron chi connectivity index (χ0n) is 39.7. The van der Waals surface area contributed by atoms with Gasteiger partial charge in [0.1, 0.15) is 0 Å². The van der Waals surface area contributed by atoms with Crippen molar-refractivity contribution in [1.82, 2.24) is 14.2 Å². The number of aromatic amines is 1. The van der Waals surface area contributed by atoms with Crippen LogP contribution in [0.2, 0.25) is 6.04 Å². The molecule has 11 nitrogen and oxygen atoms in total. The second kappa shape index (κ2) is 22.6. The van der Waals surface area contributed by atoms with E-state index in [0.717, 1.165) is 22.7 Å². The molecule has 1 aliphatic heterocycles. The van der Waals surface area contributed by atoms with Crippen molar-refractivity contribution in [3.05, 3.63) is 212 Å². The Balaban J connectivity index is 1.25. The summed E-state index contributed by atoms with van der Waals surface area (Å²) in [6, 6.07) is 47.9. The van der Waals surface area contributed by atoms with Crippen molar-refractivity contribution in [1.29, 1.82) is 0 Å². The molecule has 1 fully saturated rings. The maximum atomic E-state index is 13.5. The second-order valence-corrected chi connectivity index (χ2v) is 22.4. The number of hydrogen-bond donors (Lipinski definition) is 2. The monoisotopic (exact) mass is 943 g/mol. The summed E-state index contributed by atoms with van der Waals surface area (Å²) in [6.45, 7) is 9.98. The van der Waals surface area contributed by atoms with Crippen molar-refractivity contribution in [2.75, 3.05) is 27.0 Å². The molecule has 0 spiro atoms. The summed E-state index contributed by atoms with van der Waals surface area (Å²) in [7, 11) is -1.21. The van der Waals surface area contributed by atoms with Crippen LogP contribution in [0.5, 0.6) is 11.5 Å². The summed E-state index contributed by atoms with van der Waals surface area (Å²) in [5.41, 5.74) is 3.71. The first-order chi connectivity index (χ1) is 32.4. The molecular weight excluding hydrogens is 878 g/mol. The van der Waals surface area contributed by atoms with E-state index in [1.165, 1.54) is 21.9 Å². The molecule has 13 heteroatoms. The number of rotatable bonds is 21. The van der Waals surface area contributed by atoms with Gasteiger partial charge < -0.3 is 0 Å². The molecule has 354 valence electrons. The molecule has 2 heterocycles. The fraction of sp³-hybridized carbons (Fsp3) is 0.333. The Kier molecular flexibility index (Phi) is 16.7. The Morgan fingerprint density at radius 2 is 1.28 bits per heavy atom. The molecule has 5 aromatic carbocycles. The van der Waals surface area contributed by atoms with E-state index < -0.39 is 52.7 Å². The third-order valence-corrected chi connectivity index (χ3v) is 18.2. The number of aryl methyl sites for hydroxylation is 1. The number of allylic oxidation sites excluding steroid dienone is 2. The molecule has 0 saturated carbocycles. The zero-order chi connectivity index (χ0) is 47.6. The third kappa shape index (κ3) is 11.5. The van der Waals surface area contributed by atoms with Crippen LogP contribution >= 0.6 is 7.87 Å². The Morgan fingerprint density at radius 1 is 0.776 bits per heavy atom. The van der Waals surface area contributed by atoms with Crippen LogP contribution in [0, 0.1) is 6.92 Å². The standard InChI is InChI=1S/C54H66N3O8PSi/c1-38(2)57(39(3)4)66(60,33-17-18-34-67-51(41-19-11-8-12-20-41)42-21-13-9-14-22-42)65-48-35-50(56-36-40(5)52(58)55-53(56)59)64-49(48)37-63-54(43-23-15-10-16-24-43,44-25-29-46(61-6)30-26-44)45-27-31-47(62-7)32-28-45/h8-32,36,38-39,48-51,60,66H,33-35,37,67H2,1-7H3,(H,55,58,59)/t48-,49+,50+/m0/s1. The molecule has 2 N–H and O–H groups in total. The SMILES string of the molecule is COc1ccc(C(OC[C@H]2O[C@@H](n3cc(C)c(=O)[nH]c3=O)C[C@@H]2O[PH](O)(CC=CC[SiH2]C(c2ccccc2)c2ccccc2)N(C(C)C)C(C)C)(c2ccccc2)c2ccc(OC)cc2)cc1. The fourth-order valence-corrected chi connectivity index (χ4v) is 14.8. The number of H-pyrrole nitrogens is 1. The first-order valence-corrected chi connectivity index (χ1v) is 27.1. The van der Waals surface area contributed by atoms with Gasteiger partial charge in [-0.05, 0) is 0 Å². The number of nitrogens with zero attached hydrogens (tertiary/aromatic N) is 2. The van der Waals surface area contributed by atoms with Gasteiger partial charge in [-0.15, -0.1) is 0 Å². The summed E-state index contributed by atoms with van der Waals surface area (Å²) in [5, 5.41) is 0. The molecule has 0 bridgehead atoms. The molecule has 6 aromatic rings. The van der Waals surface area contributed by atoms with Crippen molar-refractivity contribution in [2.24, 2.45) is 0 Å². The minimum absolute atomic E-state index is 0.000836. The molecule has 7 rings (SSSR count). The van der Waals surface area contributed by atoms with Gasteiger partial charge >= 0.3 is 399 Å². The molecule has 1 aromatic heterocycles. The van der Waals surface area contributed by atoms with Crippen molar-refractivity contribution in [3.63, 3.8) is 0 Å². The molecule has 0 unspecified atom stereocenters. The van der Waals surface area contributed by atoms with Crippen LogP contribution in [0.15, 0.2) is 167 Å². The number of nitrogens with one attached hydrogen (secondary N) is 1. The molecule has 1 saturated heterocycles. The van der Waals surface area contributed by atoms with Gasteiger partial charge in [-0.2, -0.15) is 0 Å². The van der Waals surface area contributed by atoms with Gasteiger partial charge in [-0.3, -0.25) is 0 Å². The van der Waals surface area contributed by atoms with Gasteiger partial charge in [0.2, 0.25) is 0 Å². The first kappa shape index (κ1) is 49.5. The number of aromatic nitrogens is 2. The van der Waals surface area contributed by atoms with Gasteiger partial charge in [0.25, 0.3) is 0 Å². The maximum absolute atomic E-state index is 13.5. The predicted molar refractivity (Wildman–Crippen MR) is 272 cm³/mol. The van der Waals surface area contributed by atoms with Crippen molar-refractivity contribution in [3.8, 4) is 11.5 Å². The summed E-state index contributed by atoms with van der Waals surface area (Å²) >= 11 is 0. The van der Waals surface area contributed by atoms with Gasteiger partial charge in [-0.25, -0.2) is 0 Å². The van der Waals surface area contributed by atoms with Crippen LogP contribution < -0.4 is 20.7 Å². The van der Waals surface area contributed by atoms with Gasteiger partial charge in [-0.1, -0.05) is 0 Å². The Labute approximate surface area is 397 Å². The summed E-state index contributed by atoms with van der Waals surface area (Å²) < 4.78 is 36.1. The average Bonchev–Trinajstić information content (AvgIpc) is 3.73. The second-order valence-electron chi connectivity index (χ2n) is 17.8. The van der Waals surface area contributed by atoms with Crippen molar-refractivity contribution in [2.45, 2.75) is 88.7 Å². The molecule has 0 radical (unpaired) electrons. The molecule has 0 amide bonds. The fourth-order valence-electron chi connectivity index (χ4n) is 9.60. The van der Waals surface area contributed by atoms with Crippen molar-refractivity contribution >= 4 is 17.4 Å². The van der Waals surface area contributed by atoms with Gasteiger partial charge in [0, 0.05) is 0 Å². The summed E-state index contributed by atoms with van der Waals surface area (Å²) in [5.74, 6) is 1.40. The van der Waals surface area contributed by atoms with E-state index in [2.05, 4.69) is 110 Å². The van der Waals surface area contributed by atoms with Gasteiger partial charge in [0.05, 0.1) is 0 Å². The Bertz CT molecular complexity index is 2530. The van der Waals surface area contributed by atoms with E-state index in [1.807, 2.05) is 78.9 Å². The predicted octanol–water partition coefficient (Wildman–Crippen LogP) is 9.08. The first-order valence-electron chi connectivity index (χ1n) is 23.3. The summed E-state index contributed by atoms with van der Waals surface area (Å²) in [6.07, 6.45) is 4.08. The number of benzene rings is 5. The van der Waals surface area contributed by atoms with Crippen LogP contribution in [-0.2, 0) is 19.6 Å². The minimum atomic E-state index is -3.82.